The molecule has 0 N–H and O–H groups in total. The summed E-state index contributed by atoms with van der Waals surface area (Å²) in [5, 5.41) is 0. The molecule has 0 fully saturated rings. The average molecular weight is 180 g/mol. The van der Waals surface area contributed by atoms with Gasteiger partial charge in [-0.15, -0.1) is 0 Å². The molecule has 0 aromatic rings. The van der Waals surface area contributed by atoms with Crippen LogP contribution in [0.3, 0.4) is 0 Å². The van der Waals surface area contributed by atoms with Crippen LogP contribution in [-0.4, -0.2) is 6.29 Å². The van der Waals surface area contributed by atoms with Gasteiger partial charge in [-0.2, -0.15) is 0 Å². The van der Waals surface area contributed by atoms with Crippen molar-refractivity contribution in [2.45, 2.75) is 40.0 Å². The number of hydrogen-bond donors (Lipinski definition) is 0. The maximum Gasteiger partial charge on any atom is 0.145 e. The summed E-state index contributed by atoms with van der Waals surface area (Å²) in [6, 6.07) is 0. The Labute approximate surface area is 81.5 Å². The standard InChI is InChI=1S/C10H14O.C2H6/c1-8(2)10-5-3-9(7-11)4-6-10;1-2/h3,7,10H,1,4-6H2,2H3;1-2H3/t10-;/m1./s1. The van der Waals surface area contributed by atoms with E-state index in [0.717, 1.165) is 31.1 Å². The van der Waals surface area contributed by atoms with Crippen LogP contribution >= 0.6 is 0 Å². The fourth-order valence-corrected chi connectivity index (χ4v) is 1.41. The molecule has 0 amide bonds. The van der Waals surface area contributed by atoms with Crippen molar-refractivity contribution in [3.8, 4) is 0 Å². The van der Waals surface area contributed by atoms with Gasteiger partial charge in [-0.3, -0.25) is 4.79 Å². The van der Waals surface area contributed by atoms with Crippen molar-refractivity contribution in [1.82, 2.24) is 0 Å². The molecule has 0 aliphatic heterocycles. The Morgan fingerprint density at radius 2 is 2.23 bits per heavy atom. The van der Waals surface area contributed by atoms with Gasteiger partial charge in [0.15, 0.2) is 0 Å². The highest BCUT2D eigenvalue weighted by atomic mass is 16.1. The maximum absolute atomic E-state index is 10.3. The predicted molar refractivity (Wildman–Crippen MR) is 57.7 cm³/mol. The first kappa shape index (κ1) is 12.2. The third-order valence-electron chi connectivity index (χ3n) is 2.29. The van der Waals surface area contributed by atoms with Crippen molar-refractivity contribution < 1.29 is 4.79 Å². The average Bonchev–Trinajstić information content (AvgIpc) is 2.21. The zero-order valence-corrected chi connectivity index (χ0v) is 8.97. The summed E-state index contributed by atoms with van der Waals surface area (Å²) in [5.74, 6) is 0.610. The first-order chi connectivity index (χ1) is 6.24. The monoisotopic (exact) mass is 180 g/mol. The second-order valence-electron chi connectivity index (χ2n) is 3.21. The van der Waals surface area contributed by atoms with Crippen molar-refractivity contribution in [3.63, 3.8) is 0 Å². The highest BCUT2D eigenvalue weighted by Gasteiger charge is 2.13. The minimum atomic E-state index is 0.610. The Morgan fingerprint density at radius 3 is 2.54 bits per heavy atom. The van der Waals surface area contributed by atoms with E-state index in [9.17, 15) is 4.79 Å². The fraction of sp³-hybridized carbons (Fsp3) is 0.583. The van der Waals surface area contributed by atoms with Crippen LogP contribution in [0.15, 0.2) is 23.8 Å². The molecule has 0 radical (unpaired) electrons. The number of carbonyl (C=O) groups is 1. The van der Waals surface area contributed by atoms with E-state index in [1.807, 2.05) is 19.9 Å². The van der Waals surface area contributed by atoms with Crippen molar-refractivity contribution >= 4 is 6.29 Å². The largest absolute Gasteiger partial charge is 0.298 e. The van der Waals surface area contributed by atoms with E-state index >= 15 is 0 Å². The van der Waals surface area contributed by atoms with Gasteiger partial charge in [-0.05, 0) is 37.7 Å². The highest BCUT2D eigenvalue weighted by molar-refractivity contribution is 5.73. The molecular formula is C12H20O. The van der Waals surface area contributed by atoms with Gasteiger partial charge in [0.2, 0.25) is 0 Å². The summed E-state index contributed by atoms with van der Waals surface area (Å²) >= 11 is 0. The van der Waals surface area contributed by atoms with Gasteiger partial charge in [0, 0.05) is 0 Å². The van der Waals surface area contributed by atoms with Crippen LogP contribution in [0.25, 0.3) is 0 Å². The third kappa shape index (κ3) is 4.07. The third-order valence-corrected chi connectivity index (χ3v) is 2.29. The molecule has 0 aromatic carbocycles. The Morgan fingerprint density at radius 1 is 1.62 bits per heavy atom. The highest BCUT2D eigenvalue weighted by Crippen LogP contribution is 2.26. The summed E-state index contributed by atoms with van der Waals surface area (Å²) in [6.07, 6.45) is 6.04. The quantitative estimate of drug-likeness (QED) is 0.469. The SMILES string of the molecule is C=C(C)[C@@H]1CC=C(C=O)CC1.CC. The van der Waals surface area contributed by atoms with E-state index in [0.29, 0.717) is 5.92 Å². The van der Waals surface area contributed by atoms with Gasteiger partial charge >= 0.3 is 0 Å². The van der Waals surface area contributed by atoms with Crippen molar-refractivity contribution in [3.05, 3.63) is 23.8 Å². The molecule has 0 bridgehead atoms. The zero-order valence-electron chi connectivity index (χ0n) is 8.97. The molecule has 1 aliphatic rings. The van der Waals surface area contributed by atoms with E-state index in [4.69, 9.17) is 0 Å². The summed E-state index contributed by atoms with van der Waals surface area (Å²) in [5.41, 5.74) is 2.20. The lowest BCUT2D eigenvalue weighted by molar-refractivity contribution is -0.105. The molecular weight excluding hydrogens is 160 g/mol. The van der Waals surface area contributed by atoms with Gasteiger partial charge in [-0.25, -0.2) is 0 Å². The van der Waals surface area contributed by atoms with Crippen LogP contribution in [0.1, 0.15) is 40.0 Å². The summed E-state index contributed by atoms with van der Waals surface area (Å²) in [7, 11) is 0. The van der Waals surface area contributed by atoms with Gasteiger partial charge < -0.3 is 0 Å². The smallest absolute Gasteiger partial charge is 0.145 e. The maximum atomic E-state index is 10.3. The van der Waals surface area contributed by atoms with Crippen molar-refractivity contribution in [2.75, 3.05) is 0 Å². The lowest BCUT2D eigenvalue weighted by Gasteiger charge is -2.19. The molecule has 1 atom stereocenters. The molecule has 0 saturated heterocycles. The van der Waals surface area contributed by atoms with Crippen LogP contribution in [0.5, 0.6) is 0 Å². The lowest BCUT2D eigenvalue weighted by atomic mass is 9.86. The Balaban J connectivity index is 0.000000671. The first-order valence-electron chi connectivity index (χ1n) is 5.03. The number of hydrogen-bond acceptors (Lipinski definition) is 1. The van der Waals surface area contributed by atoms with Crippen LogP contribution in [0, 0.1) is 5.92 Å². The number of rotatable bonds is 2. The van der Waals surface area contributed by atoms with Crippen LogP contribution < -0.4 is 0 Å². The molecule has 0 spiro atoms. The molecule has 74 valence electrons. The lowest BCUT2D eigenvalue weighted by Crippen LogP contribution is -2.06. The minimum absolute atomic E-state index is 0.610. The van der Waals surface area contributed by atoms with E-state index in [-0.39, 0.29) is 0 Å². The second-order valence-corrected chi connectivity index (χ2v) is 3.21. The minimum Gasteiger partial charge on any atom is -0.298 e. The Kier molecular flexibility index (Phi) is 6.21. The number of allylic oxidation sites excluding steroid dienone is 3. The van der Waals surface area contributed by atoms with Crippen LogP contribution in [0.4, 0.5) is 0 Å². The summed E-state index contributed by atoms with van der Waals surface area (Å²) < 4.78 is 0. The fourth-order valence-electron chi connectivity index (χ4n) is 1.41. The van der Waals surface area contributed by atoms with E-state index in [1.165, 1.54) is 5.57 Å². The zero-order chi connectivity index (χ0) is 10.3. The molecule has 1 nitrogen and oxygen atoms in total. The van der Waals surface area contributed by atoms with Crippen molar-refractivity contribution in [2.24, 2.45) is 5.92 Å². The second kappa shape index (κ2) is 6.64. The molecule has 1 rings (SSSR count). The van der Waals surface area contributed by atoms with Crippen LogP contribution in [0.2, 0.25) is 0 Å². The number of carbonyl (C=O) groups excluding carboxylic acids is 1. The van der Waals surface area contributed by atoms with Gasteiger partial charge in [0.25, 0.3) is 0 Å². The molecule has 0 unspecified atom stereocenters. The predicted octanol–water partition coefficient (Wildman–Crippen LogP) is 3.51. The summed E-state index contributed by atoms with van der Waals surface area (Å²) in [4.78, 5) is 10.3. The molecule has 13 heavy (non-hydrogen) atoms. The molecule has 0 heterocycles. The summed E-state index contributed by atoms with van der Waals surface area (Å²) in [6.45, 7) is 9.97. The van der Waals surface area contributed by atoms with E-state index in [1.54, 1.807) is 0 Å². The van der Waals surface area contributed by atoms with Crippen LogP contribution in [-0.2, 0) is 4.79 Å². The first-order valence-corrected chi connectivity index (χ1v) is 5.03. The van der Waals surface area contributed by atoms with Gasteiger partial charge in [-0.1, -0.05) is 32.1 Å². The van der Waals surface area contributed by atoms with Gasteiger partial charge in [0.05, 0.1) is 0 Å². The molecule has 1 heteroatoms. The van der Waals surface area contributed by atoms with E-state index in [2.05, 4.69) is 13.5 Å². The Hall–Kier alpha value is -0.850. The molecule has 0 saturated carbocycles. The van der Waals surface area contributed by atoms with E-state index < -0.39 is 0 Å². The topological polar surface area (TPSA) is 17.1 Å². The van der Waals surface area contributed by atoms with Gasteiger partial charge in [0.1, 0.15) is 6.29 Å². The Bertz CT molecular complexity index is 201. The normalized spacial score (nSPS) is 20.8. The molecule has 1 aliphatic carbocycles. The number of aldehydes is 1. The van der Waals surface area contributed by atoms with Crippen molar-refractivity contribution in [1.29, 1.82) is 0 Å². The molecule has 0 aromatic heterocycles.